The van der Waals surface area contributed by atoms with E-state index in [-0.39, 0.29) is 12.0 Å². The molecule has 1 aliphatic heterocycles. The largest absolute Gasteiger partial charge is 0.444 e. The Balaban J connectivity index is 1.93. The molecular weight excluding hydrogens is 410 g/mol. The van der Waals surface area contributed by atoms with Gasteiger partial charge in [0.25, 0.3) is 0 Å². The van der Waals surface area contributed by atoms with Crippen molar-refractivity contribution in [1.29, 1.82) is 0 Å². The highest BCUT2D eigenvalue weighted by Gasteiger charge is 2.30. The van der Waals surface area contributed by atoms with Crippen LogP contribution < -0.4 is 5.32 Å². The topological polar surface area (TPSA) is 81.4 Å². The van der Waals surface area contributed by atoms with E-state index in [9.17, 15) is 4.79 Å². The maximum atomic E-state index is 12.3. The molecule has 0 saturated heterocycles. The predicted octanol–water partition coefficient (Wildman–Crippen LogP) is 4.82. The third-order valence-corrected chi connectivity index (χ3v) is 5.66. The third kappa shape index (κ3) is 5.11. The Morgan fingerprint density at radius 2 is 2.03 bits per heavy atom. The summed E-state index contributed by atoms with van der Waals surface area (Å²) in [6.07, 6.45) is -0.491. The number of aryl methyl sites for hydroxylation is 1. The van der Waals surface area contributed by atoms with E-state index in [2.05, 4.69) is 15.5 Å². The number of fused-ring (bicyclic) bond motifs is 1. The highest BCUT2D eigenvalue weighted by molar-refractivity contribution is 7.99. The first-order chi connectivity index (χ1) is 13.5. The van der Waals surface area contributed by atoms with Gasteiger partial charge in [-0.15, -0.1) is 10.2 Å². The summed E-state index contributed by atoms with van der Waals surface area (Å²) in [5, 5.41) is 17.7. The number of nitrogens with one attached hydrogen (secondary N) is 1. The van der Waals surface area contributed by atoms with Crippen molar-refractivity contribution < 1.29 is 9.53 Å². The van der Waals surface area contributed by atoms with E-state index in [0.717, 1.165) is 21.9 Å². The molecule has 0 fully saturated rings. The standard InChI is InChI=1S/C20H26ClN5O2S/c1-11(2)16(22-19(27)28-20(4,5)6)17-23-24-18-26(17)25-15(10-29-18)13-7-8-14(21)12(3)9-13/h7-9,11,16H,10H2,1-6H3,(H,22,27). The third-order valence-electron chi connectivity index (χ3n) is 4.30. The molecule has 1 atom stereocenters. The molecule has 7 nitrogen and oxygen atoms in total. The zero-order valence-corrected chi connectivity index (χ0v) is 19.1. The van der Waals surface area contributed by atoms with Gasteiger partial charge >= 0.3 is 6.09 Å². The monoisotopic (exact) mass is 435 g/mol. The Labute approximate surface area is 180 Å². The van der Waals surface area contributed by atoms with Crippen LogP contribution in [0.5, 0.6) is 0 Å². The number of amides is 1. The molecule has 1 aliphatic rings. The zero-order chi connectivity index (χ0) is 21.3. The first-order valence-corrected chi connectivity index (χ1v) is 10.8. The van der Waals surface area contributed by atoms with E-state index in [1.165, 1.54) is 0 Å². The molecule has 0 bridgehead atoms. The maximum absolute atomic E-state index is 12.3. The smallest absolute Gasteiger partial charge is 0.408 e. The number of thioether (sulfide) groups is 1. The minimum atomic E-state index is -0.580. The average Bonchev–Trinajstić information content (AvgIpc) is 3.03. The fourth-order valence-electron chi connectivity index (χ4n) is 2.87. The van der Waals surface area contributed by atoms with Gasteiger partial charge in [0.15, 0.2) is 5.82 Å². The number of alkyl carbamates (subject to hydrolysis) is 1. The molecule has 3 rings (SSSR count). The number of nitrogens with zero attached hydrogens (tertiary/aromatic N) is 4. The molecule has 0 aliphatic carbocycles. The number of hydrogen-bond donors (Lipinski definition) is 1. The summed E-state index contributed by atoms with van der Waals surface area (Å²) in [5.74, 6) is 1.33. The lowest BCUT2D eigenvalue weighted by atomic mass is 10.0. The van der Waals surface area contributed by atoms with Crippen LogP contribution in [0.1, 0.15) is 57.6 Å². The maximum Gasteiger partial charge on any atom is 0.408 e. The Hall–Kier alpha value is -2.06. The molecule has 1 aromatic carbocycles. The Bertz CT molecular complexity index is 949. The lowest BCUT2D eigenvalue weighted by molar-refractivity contribution is 0.0485. The van der Waals surface area contributed by atoms with Gasteiger partial charge in [0, 0.05) is 10.8 Å². The van der Waals surface area contributed by atoms with E-state index in [1.54, 1.807) is 16.4 Å². The van der Waals surface area contributed by atoms with Crippen molar-refractivity contribution in [3.63, 3.8) is 0 Å². The van der Waals surface area contributed by atoms with Crippen molar-refractivity contribution >= 4 is 35.2 Å². The fourth-order valence-corrected chi connectivity index (χ4v) is 3.83. The minimum absolute atomic E-state index is 0.0687. The van der Waals surface area contributed by atoms with Crippen LogP contribution in [-0.4, -0.2) is 38.0 Å². The van der Waals surface area contributed by atoms with Crippen LogP contribution >= 0.6 is 23.4 Å². The lowest BCUT2D eigenvalue weighted by Crippen LogP contribution is -2.38. The molecule has 2 heterocycles. The molecule has 1 N–H and O–H groups in total. The molecule has 156 valence electrons. The summed E-state index contributed by atoms with van der Waals surface area (Å²) < 4.78 is 7.13. The number of aromatic nitrogens is 3. The van der Waals surface area contributed by atoms with Gasteiger partial charge in [0.05, 0.1) is 11.8 Å². The van der Waals surface area contributed by atoms with Gasteiger partial charge in [0.2, 0.25) is 5.16 Å². The van der Waals surface area contributed by atoms with E-state index < -0.39 is 11.7 Å². The predicted molar refractivity (Wildman–Crippen MR) is 116 cm³/mol. The van der Waals surface area contributed by atoms with Crippen LogP contribution in [0.2, 0.25) is 5.02 Å². The number of ether oxygens (including phenoxy) is 1. The fraction of sp³-hybridized carbons (Fsp3) is 0.500. The Morgan fingerprint density at radius 1 is 1.31 bits per heavy atom. The highest BCUT2D eigenvalue weighted by Crippen LogP contribution is 2.29. The van der Waals surface area contributed by atoms with Gasteiger partial charge in [0.1, 0.15) is 5.60 Å². The summed E-state index contributed by atoms with van der Waals surface area (Å²) in [6, 6.07) is 5.48. The van der Waals surface area contributed by atoms with Crippen molar-refractivity contribution in [2.45, 2.75) is 58.3 Å². The second-order valence-corrected chi connectivity index (χ2v) is 9.67. The summed E-state index contributed by atoms with van der Waals surface area (Å²) >= 11 is 7.72. The Morgan fingerprint density at radius 3 is 2.66 bits per heavy atom. The highest BCUT2D eigenvalue weighted by atomic mass is 35.5. The number of rotatable bonds is 4. The van der Waals surface area contributed by atoms with E-state index in [1.807, 2.05) is 59.7 Å². The molecule has 0 radical (unpaired) electrons. The van der Waals surface area contributed by atoms with Gasteiger partial charge in [-0.2, -0.15) is 9.78 Å². The second kappa shape index (κ2) is 8.36. The molecule has 0 spiro atoms. The number of hydrogen-bond acceptors (Lipinski definition) is 6. The van der Waals surface area contributed by atoms with Crippen molar-refractivity contribution in [1.82, 2.24) is 20.2 Å². The number of carbonyl (C=O) groups excluding carboxylic acids is 1. The lowest BCUT2D eigenvalue weighted by Gasteiger charge is -2.25. The molecule has 1 amide bonds. The van der Waals surface area contributed by atoms with Gasteiger partial charge < -0.3 is 10.1 Å². The van der Waals surface area contributed by atoms with Crippen LogP contribution in [0.3, 0.4) is 0 Å². The SMILES string of the molecule is Cc1cc(C2=Nn3c(nnc3C(NC(=O)OC(C)(C)C)C(C)C)SC2)ccc1Cl. The van der Waals surface area contributed by atoms with Crippen molar-refractivity contribution in [2.24, 2.45) is 11.0 Å². The normalized spacial score (nSPS) is 15.0. The molecule has 2 aromatic rings. The molecule has 1 unspecified atom stereocenters. The second-order valence-electron chi connectivity index (χ2n) is 8.32. The molecule has 1 aromatic heterocycles. The van der Waals surface area contributed by atoms with E-state index in [0.29, 0.717) is 16.7 Å². The summed E-state index contributed by atoms with van der Waals surface area (Å²) in [6.45, 7) is 11.5. The Kier molecular flexibility index (Phi) is 6.24. The zero-order valence-electron chi connectivity index (χ0n) is 17.5. The van der Waals surface area contributed by atoms with Crippen LogP contribution in [-0.2, 0) is 4.74 Å². The van der Waals surface area contributed by atoms with Crippen molar-refractivity contribution in [2.75, 3.05) is 5.75 Å². The first kappa shape index (κ1) is 21.6. The van der Waals surface area contributed by atoms with Gasteiger partial charge in [-0.1, -0.05) is 43.3 Å². The van der Waals surface area contributed by atoms with Crippen LogP contribution in [0.25, 0.3) is 0 Å². The number of carbonyl (C=O) groups is 1. The molecule has 9 heteroatoms. The molecular formula is C20H26ClN5O2S. The molecule has 29 heavy (non-hydrogen) atoms. The van der Waals surface area contributed by atoms with E-state index >= 15 is 0 Å². The quantitative estimate of drug-likeness (QED) is 0.744. The molecule has 0 saturated carbocycles. The minimum Gasteiger partial charge on any atom is -0.444 e. The van der Waals surface area contributed by atoms with Crippen LogP contribution in [0, 0.1) is 12.8 Å². The number of halogens is 1. The van der Waals surface area contributed by atoms with E-state index in [4.69, 9.17) is 21.4 Å². The van der Waals surface area contributed by atoms with Crippen molar-refractivity contribution in [3.8, 4) is 0 Å². The first-order valence-electron chi connectivity index (χ1n) is 9.47. The average molecular weight is 436 g/mol. The van der Waals surface area contributed by atoms with Crippen molar-refractivity contribution in [3.05, 3.63) is 40.2 Å². The van der Waals surface area contributed by atoms with Crippen LogP contribution in [0.4, 0.5) is 4.79 Å². The summed E-state index contributed by atoms with van der Waals surface area (Å²) in [5.41, 5.74) is 2.33. The van der Waals surface area contributed by atoms with Crippen LogP contribution in [0.15, 0.2) is 28.5 Å². The summed E-state index contributed by atoms with van der Waals surface area (Å²) in [4.78, 5) is 12.3. The van der Waals surface area contributed by atoms with Gasteiger partial charge in [-0.25, -0.2) is 4.79 Å². The summed E-state index contributed by atoms with van der Waals surface area (Å²) in [7, 11) is 0. The number of benzene rings is 1. The van der Waals surface area contributed by atoms with Gasteiger partial charge in [-0.3, -0.25) is 0 Å². The van der Waals surface area contributed by atoms with Gasteiger partial charge in [-0.05, 0) is 56.9 Å².